The van der Waals surface area contributed by atoms with E-state index in [2.05, 4.69) is 0 Å². The molecule has 1 saturated heterocycles. The Labute approximate surface area is 105 Å². The van der Waals surface area contributed by atoms with Crippen LogP contribution in [0, 0.1) is 0 Å². The zero-order valence-electron chi connectivity index (χ0n) is 7.73. The van der Waals surface area contributed by atoms with Gasteiger partial charge in [0.1, 0.15) is 11.6 Å². The number of carboxylic acids is 1. The van der Waals surface area contributed by atoms with Gasteiger partial charge in [0.2, 0.25) is 3.79 Å². The van der Waals surface area contributed by atoms with Gasteiger partial charge in [-0.25, -0.2) is 9.59 Å². The van der Waals surface area contributed by atoms with Crippen molar-refractivity contribution in [2.45, 2.75) is 21.9 Å². The van der Waals surface area contributed by atoms with Gasteiger partial charge >= 0.3 is 12.1 Å². The van der Waals surface area contributed by atoms with Crippen molar-refractivity contribution in [1.82, 2.24) is 4.90 Å². The fourth-order valence-electron chi connectivity index (χ4n) is 1.51. The van der Waals surface area contributed by atoms with E-state index in [-0.39, 0.29) is 0 Å². The van der Waals surface area contributed by atoms with Crippen molar-refractivity contribution in [2.75, 3.05) is 6.54 Å². The molecule has 0 unspecified atom stereocenters. The molecule has 0 aromatic carbocycles. The summed E-state index contributed by atoms with van der Waals surface area (Å²) in [6, 6.07) is -1.42. The highest BCUT2D eigenvalue weighted by Crippen LogP contribution is 2.45. The normalized spacial score (nSPS) is 30.5. The van der Waals surface area contributed by atoms with E-state index in [1.54, 1.807) is 0 Å². The van der Waals surface area contributed by atoms with E-state index in [1.807, 2.05) is 0 Å². The first-order valence-electron chi connectivity index (χ1n) is 4.10. The first kappa shape index (κ1) is 13.6. The number of nitrogens with zero attached hydrogens (tertiary/aromatic N) is 1. The average molecular weight is 293 g/mol. The monoisotopic (exact) mass is 291 g/mol. The van der Waals surface area contributed by atoms with Crippen LogP contribution in [0.25, 0.3) is 0 Å². The van der Waals surface area contributed by atoms with Crippen LogP contribution in [0.3, 0.4) is 0 Å². The number of hydrogen-bond acceptors (Lipinski definition) is 3. The number of aliphatic carboxylic acids is 1. The lowest BCUT2D eigenvalue weighted by molar-refractivity contribution is -0.141. The van der Waals surface area contributed by atoms with Crippen LogP contribution in [0.15, 0.2) is 0 Å². The number of aliphatic hydroxyl groups is 1. The molecule has 1 fully saturated rings. The first-order chi connectivity index (χ1) is 7.08. The molecule has 1 aliphatic rings. The van der Waals surface area contributed by atoms with Crippen molar-refractivity contribution < 1.29 is 24.9 Å². The van der Waals surface area contributed by atoms with Gasteiger partial charge in [0.25, 0.3) is 0 Å². The zero-order chi connectivity index (χ0) is 12.7. The second-order valence-corrected chi connectivity index (χ2v) is 5.78. The minimum absolute atomic E-state index is 0.467. The lowest BCUT2D eigenvalue weighted by Gasteiger charge is -2.29. The molecule has 92 valence electrons. The van der Waals surface area contributed by atoms with E-state index >= 15 is 0 Å². The number of halogens is 3. The fraction of sp³-hybridized carbons (Fsp3) is 0.714. The van der Waals surface area contributed by atoms with Crippen LogP contribution in [0.2, 0.25) is 0 Å². The second-order valence-electron chi connectivity index (χ2n) is 3.50. The highest BCUT2D eigenvalue weighted by atomic mass is 35.6. The number of carboxylic acid groups (broad SMARTS) is 2. The number of amides is 1. The molecule has 2 atom stereocenters. The number of rotatable bonds is 1. The van der Waals surface area contributed by atoms with Gasteiger partial charge in [-0.3, -0.25) is 4.90 Å². The molecule has 6 nitrogen and oxygen atoms in total. The molecule has 1 rings (SSSR count). The molecular weight excluding hydrogens is 284 g/mol. The van der Waals surface area contributed by atoms with Crippen LogP contribution < -0.4 is 0 Å². The molecule has 9 heteroatoms. The summed E-state index contributed by atoms with van der Waals surface area (Å²) in [5.74, 6) is -1.40. The van der Waals surface area contributed by atoms with Gasteiger partial charge in [0, 0.05) is 6.42 Å². The van der Waals surface area contributed by atoms with Crippen molar-refractivity contribution in [3.8, 4) is 0 Å². The molecule has 0 bridgehead atoms. The van der Waals surface area contributed by atoms with Crippen LogP contribution in [-0.2, 0) is 4.79 Å². The van der Waals surface area contributed by atoms with E-state index in [4.69, 9.17) is 45.0 Å². The molecule has 0 saturated carbocycles. The standard InChI is InChI=1S/C7H8Cl3NO5/c8-7(9,10)6(16)1-3(4(12)13)11(2-6)5(14)15/h3,16H,1-2H2,(H,12,13)(H,14,15)/t3-,6-/m0/s1. The number of carbonyl (C=O) groups is 2. The van der Waals surface area contributed by atoms with Gasteiger partial charge in [-0.05, 0) is 0 Å². The Bertz CT molecular complexity index is 306. The summed E-state index contributed by atoms with van der Waals surface area (Å²) in [5.41, 5.74) is -2.00. The molecule has 0 aliphatic carbocycles. The molecule has 0 radical (unpaired) electrons. The van der Waals surface area contributed by atoms with Crippen molar-refractivity contribution in [1.29, 1.82) is 0 Å². The average Bonchev–Trinajstić information content (AvgIpc) is 2.43. The highest BCUT2D eigenvalue weighted by molar-refractivity contribution is 6.68. The van der Waals surface area contributed by atoms with Crippen LogP contribution in [0.4, 0.5) is 4.79 Å². The van der Waals surface area contributed by atoms with E-state index in [0.717, 1.165) is 0 Å². The summed E-state index contributed by atoms with van der Waals surface area (Å²) in [5, 5.41) is 27.4. The molecule has 16 heavy (non-hydrogen) atoms. The zero-order valence-corrected chi connectivity index (χ0v) is 10.00. The van der Waals surface area contributed by atoms with E-state index in [9.17, 15) is 14.7 Å². The Morgan fingerprint density at radius 1 is 1.31 bits per heavy atom. The van der Waals surface area contributed by atoms with Crippen LogP contribution in [0.5, 0.6) is 0 Å². The highest BCUT2D eigenvalue weighted by Gasteiger charge is 2.58. The summed E-state index contributed by atoms with van der Waals surface area (Å²) in [6.07, 6.45) is -1.96. The summed E-state index contributed by atoms with van der Waals surface area (Å²) >= 11 is 16.5. The molecular formula is C7H8Cl3NO5. The molecule has 1 heterocycles. The van der Waals surface area contributed by atoms with Gasteiger partial charge in [0.15, 0.2) is 0 Å². The van der Waals surface area contributed by atoms with Gasteiger partial charge in [-0.1, -0.05) is 34.8 Å². The number of alkyl halides is 3. The predicted molar refractivity (Wildman–Crippen MR) is 56.0 cm³/mol. The van der Waals surface area contributed by atoms with Gasteiger partial charge in [0.05, 0.1) is 6.54 Å². The Morgan fingerprint density at radius 2 is 1.81 bits per heavy atom. The summed E-state index contributed by atoms with van der Waals surface area (Å²) < 4.78 is -2.15. The minimum atomic E-state index is -2.15. The fourth-order valence-corrected chi connectivity index (χ4v) is 1.92. The van der Waals surface area contributed by atoms with Crippen LogP contribution in [0.1, 0.15) is 6.42 Å². The second kappa shape index (κ2) is 4.10. The lowest BCUT2D eigenvalue weighted by Crippen LogP contribution is -2.46. The van der Waals surface area contributed by atoms with Gasteiger partial charge in [-0.15, -0.1) is 0 Å². The maximum absolute atomic E-state index is 10.8. The van der Waals surface area contributed by atoms with E-state index in [0.29, 0.717) is 4.90 Å². The Hall–Kier alpha value is -0.430. The third kappa shape index (κ3) is 2.29. The predicted octanol–water partition coefficient (Wildman–Crippen LogP) is 0.925. The molecule has 1 amide bonds. The molecule has 1 aliphatic heterocycles. The summed E-state index contributed by atoms with van der Waals surface area (Å²) in [6.45, 7) is -0.560. The molecule has 0 aromatic rings. The topological polar surface area (TPSA) is 98.1 Å². The summed E-state index contributed by atoms with van der Waals surface area (Å²) in [7, 11) is 0. The Balaban J connectivity index is 3.01. The number of hydrogen-bond donors (Lipinski definition) is 3. The van der Waals surface area contributed by atoms with Crippen LogP contribution >= 0.6 is 34.8 Å². The maximum Gasteiger partial charge on any atom is 0.408 e. The van der Waals surface area contributed by atoms with Crippen molar-refractivity contribution >= 4 is 46.9 Å². The third-order valence-corrected chi connectivity index (χ3v) is 3.45. The quantitative estimate of drug-likeness (QED) is 0.624. The smallest absolute Gasteiger partial charge is 0.408 e. The first-order valence-corrected chi connectivity index (χ1v) is 5.23. The Kier molecular flexibility index (Phi) is 3.50. The SMILES string of the molecule is O=C(O)[C@@H]1C[C@@](O)(C(Cl)(Cl)Cl)CN1C(=O)O. The minimum Gasteiger partial charge on any atom is -0.480 e. The number of likely N-dealkylation sites (tertiary alicyclic amines) is 1. The molecule has 3 N–H and O–H groups in total. The van der Waals surface area contributed by atoms with Crippen molar-refractivity contribution in [3.63, 3.8) is 0 Å². The van der Waals surface area contributed by atoms with Crippen LogP contribution in [-0.4, -0.2) is 54.3 Å². The molecule has 0 aromatic heterocycles. The Morgan fingerprint density at radius 3 is 2.06 bits per heavy atom. The van der Waals surface area contributed by atoms with Crippen molar-refractivity contribution in [2.24, 2.45) is 0 Å². The van der Waals surface area contributed by atoms with E-state index in [1.165, 1.54) is 0 Å². The maximum atomic E-state index is 10.8. The third-order valence-electron chi connectivity index (χ3n) is 2.40. The summed E-state index contributed by atoms with van der Waals surface area (Å²) in [4.78, 5) is 22.1. The lowest BCUT2D eigenvalue weighted by atomic mass is 10.0. The largest absolute Gasteiger partial charge is 0.480 e. The van der Waals surface area contributed by atoms with Crippen molar-refractivity contribution in [3.05, 3.63) is 0 Å². The van der Waals surface area contributed by atoms with Gasteiger partial charge < -0.3 is 15.3 Å². The number of β-amino-alcohol motifs (C(OH)–C–C–N with tert-alkyl or cyclic N) is 1. The molecule has 0 spiro atoms. The van der Waals surface area contributed by atoms with E-state index < -0.39 is 40.5 Å². The van der Waals surface area contributed by atoms with Gasteiger partial charge in [-0.2, -0.15) is 0 Å².